The minimum atomic E-state index is 0.361. The van der Waals surface area contributed by atoms with Crippen molar-refractivity contribution < 1.29 is 9.26 Å². The predicted octanol–water partition coefficient (Wildman–Crippen LogP) is 4.04. The number of rotatable bonds is 8. The summed E-state index contributed by atoms with van der Waals surface area (Å²) in [7, 11) is 0. The van der Waals surface area contributed by atoms with Crippen LogP contribution in [-0.4, -0.2) is 29.3 Å². The van der Waals surface area contributed by atoms with Gasteiger partial charge in [-0.05, 0) is 44.2 Å². The van der Waals surface area contributed by atoms with Gasteiger partial charge >= 0.3 is 0 Å². The van der Waals surface area contributed by atoms with E-state index in [9.17, 15) is 0 Å². The highest BCUT2D eigenvalue weighted by molar-refractivity contribution is 6.30. The van der Waals surface area contributed by atoms with Gasteiger partial charge in [-0.1, -0.05) is 35.0 Å². The molecule has 2 N–H and O–H groups in total. The molecule has 7 nitrogen and oxygen atoms in total. The lowest BCUT2D eigenvalue weighted by Crippen LogP contribution is -2.36. The van der Waals surface area contributed by atoms with E-state index in [4.69, 9.17) is 20.9 Å². The molecule has 0 aliphatic carbocycles. The Morgan fingerprint density at radius 1 is 1.10 bits per heavy atom. The van der Waals surface area contributed by atoms with Crippen LogP contribution < -0.4 is 15.4 Å². The lowest BCUT2D eigenvalue weighted by Gasteiger charge is -2.11. The number of benzene rings is 2. The van der Waals surface area contributed by atoms with Crippen molar-refractivity contribution in [2.24, 2.45) is 4.99 Å². The normalized spacial score (nSPS) is 11.3. The van der Waals surface area contributed by atoms with Crippen LogP contribution in [0.2, 0.25) is 5.02 Å². The highest BCUT2D eigenvalue weighted by atomic mass is 35.5. The van der Waals surface area contributed by atoms with Gasteiger partial charge in [0.15, 0.2) is 5.96 Å². The van der Waals surface area contributed by atoms with Gasteiger partial charge in [-0.2, -0.15) is 4.98 Å². The van der Waals surface area contributed by atoms with E-state index in [1.165, 1.54) is 0 Å². The molecular weight excluding hydrogens is 390 g/mol. The second-order valence-electron chi connectivity index (χ2n) is 6.11. The zero-order valence-electron chi connectivity index (χ0n) is 16.5. The Hall–Kier alpha value is -3.06. The first-order valence-electron chi connectivity index (χ1n) is 9.51. The van der Waals surface area contributed by atoms with Crippen LogP contribution in [0, 0.1) is 0 Å². The summed E-state index contributed by atoms with van der Waals surface area (Å²) in [6.45, 7) is 6.18. The van der Waals surface area contributed by atoms with Crippen molar-refractivity contribution in [2.45, 2.75) is 26.9 Å². The van der Waals surface area contributed by atoms with Gasteiger partial charge in [-0.3, -0.25) is 0 Å². The van der Waals surface area contributed by atoms with E-state index in [2.05, 4.69) is 25.8 Å². The molecule has 0 atom stereocenters. The number of nitrogens with zero attached hydrogens (tertiary/aromatic N) is 3. The van der Waals surface area contributed by atoms with Crippen molar-refractivity contribution >= 4 is 17.6 Å². The number of ether oxygens (including phenoxy) is 1. The minimum absolute atomic E-state index is 0.361. The fourth-order valence-electron chi connectivity index (χ4n) is 2.64. The SMILES string of the molecule is CCNC(=NCc1ccccc1OCC)NCc1nc(-c2ccc(Cl)cc2)no1. The molecule has 0 saturated heterocycles. The summed E-state index contributed by atoms with van der Waals surface area (Å²) >= 11 is 5.92. The summed E-state index contributed by atoms with van der Waals surface area (Å²) < 4.78 is 11.0. The minimum Gasteiger partial charge on any atom is -0.494 e. The van der Waals surface area contributed by atoms with Gasteiger partial charge in [0.2, 0.25) is 11.7 Å². The number of halogens is 1. The number of guanidine groups is 1. The molecule has 0 unspecified atom stereocenters. The Morgan fingerprint density at radius 2 is 1.90 bits per heavy atom. The van der Waals surface area contributed by atoms with Crippen LogP contribution in [0.15, 0.2) is 58.0 Å². The molecule has 0 aliphatic heterocycles. The summed E-state index contributed by atoms with van der Waals surface area (Å²) in [5.74, 6) is 2.49. The monoisotopic (exact) mass is 413 g/mol. The predicted molar refractivity (Wildman–Crippen MR) is 114 cm³/mol. The summed E-state index contributed by atoms with van der Waals surface area (Å²) in [5.41, 5.74) is 1.87. The zero-order valence-corrected chi connectivity index (χ0v) is 17.2. The van der Waals surface area contributed by atoms with Crippen LogP contribution in [0.3, 0.4) is 0 Å². The Balaban J connectivity index is 1.64. The van der Waals surface area contributed by atoms with Crippen molar-refractivity contribution in [3.8, 4) is 17.1 Å². The molecule has 0 aliphatic rings. The molecule has 8 heteroatoms. The van der Waals surface area contributed by atoms with Crippen molar-refractivity contribution in [1.82, 2.24) is 20.8 Å². The standard InChI is InChI=1S/C21H24ClN5O2/c1-3-23-21(24-13-16-7-5-6-8-18(16)28-4-2)25-14-19-26-20(27-29-19)15-9-11-17(22)12-10-15/h5-12H,3-4,13-14H2,1-2H3,(H2,23,24,25). The largest absolute Gasteiger partial charge is 0.494 e. The number of aromatic nitrogens is 2. The first-order valence-corrected chi connectivity index (χ1v) is 9.88. The Bertz CT molecular complexity index is 940. The molecule has 0 spiro atoms. The number of hydrogen-bond donors (Lipinski definition) is 2. The molecule has 3 aromatic rings. The summed E-state index contributed by atoms with van der Waals surface area (Å²) in [6, 6.07) is 15.2. The highest BCUT2D eigenvalue weighted by Crippen LogP contribution is 2.19. The molecule has 1 heterocycles. The first kappa shape index (κ1) is 20.7. The van der Waals surface area contributed by atoms with Crippen LogP contribution >= 0.6 is 11.6 Å². The molecule has 1 aromatic heterocycles. The third kappa shape index (κ3) is 5.96. The molecule has 0 amide bonds. The summed E-state index contributed by atoms with van der Waals surface area (Å²) in [5, 5.41) is 11.1. The number of aliphatic imine (C=N–C) groups is 1. The second-order valence-corrected chi connectivity index (χ2v) is 6.54. The Kier molecular flexibility index (Phi) is 7.47. The van der Waals surface area contributed by atoms with Gasteiger partial charge in [0.1, 0.15) is 5.75 Å². The molecule has 152 valence electrons. The van der Waals surface area contributed by atoms with Crippen LogP contribution in [0.5, 0.6) is 5.75 Å². The van der Waals surface area contributed by atoms with Crippen LogP contribution in [0.25, 0.3) is 11.4 Å². The molecule has 29 heavy (non-hydrogen) atoms. The maximum absolute atomic E-state index is 5.92. The Morgan fingerprint density at radius 3 is 2.66 bits per heavy atom. The third-order valence-electron chi connectivity index (χ3n) is 4.00. The van der Waals surface area contributed by atoms with E-state index in [0.29, 0.717) is 42.4 Å². The molecule has 3 rings (SSSR count). The molecule has 0 radical (unpaired) electrons. The van der Waals surface area contributed by atoms with Gasteiger partial charge in [0, 0.05) is 22.7 Å². The van der Waals surface area contributed by atoms with Crippen LogP contribution in [0.4, 0.5) is 0 Å². The molecular formula is C21H24ClN5O2. The topological polar surface area (TPSA) is 84.6 Å². The Labute approximate surface area is 175 Å². The van der Waals surface area contributed by atoms with Crippen LogP contribution in [0.1, 0.15) is 25.3 Å². The van der Waals surface area contributed by atoms with E-state index < -0.39 is 0 Å². The molecule has 2 aromatic carbocycles. The summed E-state index contributed by atoms with van der Waals surface area (Å²) in [6.07, 6.45) is 0. The van der Waals surface area contributed by atoms with E-state index in [-0.39, 0.29) is 0 Å². The van der Waals surface area contributed by atoms with Crippen LogP contribution in [-0.2, 0) is 13.1 Å². The molecule has 0 fully saturated rings. The van der Waals surface area contributed by atoms with Gasteiger partial charge in [-0.25, -0.2) is 4.99 Å². The quantitative estimate of drug-likeness (QED) is 0.428. The average Bonchev–Trinajstić information content (AvgIpc) is 3.21. The maximum atomic E-state index is 5.92. The number of nitrogens with one attached hydrogen (secondary N) is 2. The van der Waals surface area contributed by atoms with Gasteiger partial charge in [0.05, 0.1) is 19.7 Å². The zero-order chi connectivity index (χ0) is 20.5. The van der Waals surface area contributed by atoms with E-state index >= 15 is 0 Å². The lowest BCUT2D eigenvalue weighted by molar-refractivity contribution is 0.336. The number of hydrogen-bond acceptors (Lipinski definition) is 5. The average molecular weight is 414 g/mol. The van der Waals surface area contributed by atoms with Crippen molar-refractivity contribution in [3.63, 3.8) is 0 Å². The summed E-state index contributed by atoms with van der Waals surface area (Å²) in [4.78, 5) is 9.04. The van der Waals surface area contributed by atoms with E-state index in [0.717, 1.165) is 23.4 Å². The fourth-order valence-corrected chi connectivity index (χ4v) is 2.76. The first-order chi connectivity index (χ1) is 14.2. The van der Waals surface area contributed by atoms with E-state index in [1.54, 1.807) is 12.1 Å². The smallest absolute Gasteiger partial charge is 0.246 e. The van der Waals surface area contributed by atoms with E-state index in [1.807, 2.05) is 50.2 Å². The van der Waals surface area contributed by atoms with Crippen molar-refractivity contribution in [3.05, 3.63) is 65.0 Å². The molecule has 0 bridgehead atoms. The third-order valence-corrected chi connectivity index (χ3v) is 4.25. The van der Waals surface area contributed by atoms with Gasteiger partial charge < -0.3 is 19.9 Å². The van der Waals surface area contributed by atoms with Gasteiger partial charge in [-0.15, -0.1) is 0 Å². The molecule has 0 saturated carbocycles. The fraction of sp³-hybridized carbons (Fsp3) is 0.286. The maximum Gasteiger partial charge on any atom is 0.246 e. The van der Waals surface area contributed by atoms with Crippen molar-refractivity contribution in [2.75, 3.05) is 13.2 Å². The second kappa shape index (κ2) is 10.5. The number of para-hydroxylation sites is 1. The lowest BCUT2D eigenvalue weighted by atomic mass is 10.2. The van der Waals surface area contributed by atoms with Gasteiger partial charge in [0.25, 0.3) is 0 Å². The van der Waals surface area contributed by atoms with Crippen molar-refractivity contribution in [1.29, 1.82) is 0 Å². The highest BCUT2D eigenvalue weighted by Gasteiger charge is 2.09.